The molecule has 0 aromatic carbocycles. The van der Waals surface area contributed by atoms with Crippen LogP contribution in [0.5, 0.6) is 0 Å². The molecule has 0 radical (unpaired) electrons. The highest BCUT2D eigenvalue weighted by atomic mass is 14.9. The molecule has 0 bridgehead atoms. The average Bonchev–Trinajstić information content (AvgIpc) is 2.23. The molecule has 3 aliphatic carbocycles. The van der Waals surface area contributed by atoms with Crippen LogP contribution >= 0.6 is 0 Å². The first-order chi connectivity index (χ1) is 7.54. The molecule has 0 heterocycles. The second-order valence-electron chi connectivity index (χ2n) is 9.00. The Bertz CT molecular complexity index is 376. The molecule has 0 aromatic heterocycles. The summed E-state index contributed by atoms with van der Waals surface area (Å²) >= 11 is 0. The van der Waals surface area contributed by atoms with Gasteiger partial charge in [-0.3, -0.25) is 0 Å². The summed E-state index contributed by atoms with van der Waals surface area (Å²) in [7, 11) is 0. The van der Waals surface area contributed by atoms with E-state index in [2.05, 4.69) is 55.4 Å². The van der Waals surface area contributed by atoms with Crippen molar-refractivity contribution in [1.29, 1.82) is 0 Å². The van der Waals surface area contributed by atoms with Crippen LogP contribution in [0.1, 0.15) is 61.8 Å². The van der Waals surface area contributed by atoms with Crippen LogP contribution < -0.4 is 0 Å². The third-order valence-corrected chi connectivity index (χ3v) is 8.71. The van der Waals surface area contributed by atoms with Crippen LogP contribution in [0, 0.1) is 45.3 Å². The van der Waals surface area contributed by atoms with E-state index in [9.17, 15) is 0 Å². The molecule has 3 rings (SSSR count). The van der Waals surface area contributed by atoms with E-state index in [-0.39, 0.29) is 0 Å². The minimum absolute atomic E-state index is 0.432. The predicted molar refractivity (Wildman–Crippen MR) is 73.7 cm³/mol. The molecule has 7 unspecified atom stereocenters. The lowest BCUT2D eigenvalue weighted by Gasteiger charge is -2.92. The van der Waals surface area contributed by atoms with Crippen molar-refractivity contribution >= 4 is 0 Å². The molecule has 7 atom stereocenters. The lowest BCUT2D eigenvalue weighted by molar-refractivity contribution is -0.447. The molecular formula is C17H30. The van der Waals surface area contributed by atoms with E-state index in [1.165, 1.54) is 6.42 Å². The van der Waals surface area contributed by atoms with E-state index >= 15 is 0 Å². The topological polar surface area (TPSA) is 0 Å². The summed E-state index contributed by atoms with van der Waals surface area (Å²) in [4.78, 5) is 0. The normalized spacial score (nSPS) is 64.9. The van der Waals surface area contributed by atoms with Crippen molar-refractivity contribution in [2.75, 3.05) is 0 Å². The quantitative estimate of drug-likeness (QED) is 0.554. The third-order valence-electron chi connectivity index (χ3n) is 8.71. The van der Waals surface area contributed by atoms with Crippen molar-refractivity contribution in [3.63, 3.8) is 0 Å². The molecule has 0 amide bonds. The molecule has 3 fully saturated rings. The molecule has 0 heteroatoms. The Morgan fingerprint density at radius 3 is 1.94 bits per heavy atom. The molecule has 0 saturated heterocycles. The zero-order valence-corrected chi connectivity index (χ0v) is 13.0. The van der Waals surface area contributed by atoms with Gasteiger partial charge in [-0.25, -0.2) is 0 Å². The van der Waals surface area contributed by atoms with E-state index in [0.717, 1.165) is 23.7 Å². The highest BCUT2D eigenvalue weighted by Gasteiger charge is 2.87. The summed E-state index contributed by atoms with van der Waals surface area (Å²) in [5.41, 5.74) is 2.19. The summed E-state index contributed by atoms with van der Waals surface area (Å²) in [6, 6.07) is 0. The van der Waals surface area contributed by atoms with Gasteiger partial charge in [0.15, 0.2) is 0 Å². The molecule has 0 N–H and O–H groups in total. The van der Waals surface area contributed by atoms with E-state index in [1.807, 2.05) is 0 Å². The molecule has 0 aliphatic heterocycles. The second-order valence-corrected chi connectivity index (χ2v) is 9.00. The molecule has 0 nitrogen and oxygen atoms in total. The monoisotopic (exact) mass is 234 g/mol. The number of hydrogen-bond donors (Lipinski definition) is 0. The Balaban J connectivity index is 2.06. The summed E-state index contributed by atoms with van der Waals surface area (Å²) in [6.07, 6.45) is 1.50. The van der Waals surface area contributed by atoms with Crippen molar-refractivity contribution in [2.24, 2.45) is 45.3 Å². The Hall–Kier alpha value is 0. The van der Waals surface area contributed by atoms with Crippen molar-refractivity contribution in [3.8, 4) is 0 Å². The van der Waals surface area contributed by atoms with Gasteiger partial charge >= 0.3 is 0 Å². The highest BCUT2D eigenvalue weighted by Crippen LogP contribution is 2.92. The predicted octanol–water partition coefficient (Wildman–Crippen LogP) is 4.99. The van der Waals surface area contributed by atoms with Gasteiger partial charge in [-0.15, -0.1) is 0 Å². The zero-order chi connectivity index (χ0) is 13.0. The fourth-order valence-electron chi connectivity index (χ4n) is 7.11. The minimum Gasteiger partial charge on any atom is -0.0619 e. The summed E-state index contributed by atoms with van der Waals surface area (Å²) in [5.74, 6) is 3.93. The maximum absolute atomic E-state index is 2.62. The van der Waals surface area contributed by atoms with Crippen LogP contribution in [0.2, 0.25) is 0 Å². The van der Waals surface area contributed by atoms with Crippen LogP contribution in [-0.2, 0) is 0 Å². The molecule has 98 valence electrons. The Kier molecular flexibility index (Phi) is 1.86. The number of hydrogen-bond acceptors (Lipinski definition) is 0. The standard InChI is InChI=1S/C17H30/c1-10-9-12-13-11(2)16(7,14(3,4)5)17(13,8)15(10,12)6/h10-13H,9H2,1-8H3. The smallest absolute Gasteiger partial charge is 0.0171 e. The van der Waals surface area contributed by atoms with Crippen molar-refractivity contribution in [2.45, 2.75) is 61.8 Å². The summed E-state index contributed by atoms with van der Waals surface area (Å²) < 4.78 is 0. The fourth-order valence-corrected chi connectivity index (χ4v) is 7.11. The van der Waals surface area contributed by atoms with Crippen molar-refractivity contribution in [3.05, 3.63) is 0 Å². The Morgan fingerprint density at radius 1 is 1.00 bits per heavy atom. The maximum atomic E-state index is 2.62. The molecule has 0 spiro atoms. The van der Waals surface area contributed by atoms with E-state index < -0.39 is 0 Å². The van der Waals surface area contributed by atoms with Gasteiger partial charge in [0.05, 0.1) is 0 Å². The van der Waals surface area contributed by atoms with Gasteiger partial charge < -0.3 is 0 Å². The molecular weight excluding hydrogens is 204 g/mol. The number of rotatable bonds is 0. The minimum atomic E-state index is 0.432. The van der Waals surface area contributed by atoms with Crippen molar-refractivity contribution < 1.29 is 0 Å². The first kappa shape index (κ1) is 12.1. The highest BCUT2D eigenvalue weighted by molar-refractivity contribution is 5.34. The van der Waals surface area contributed by atoms with Crippen LogP contribution in [0.4, 0.5) is 0 Å². The van der Waals surface area contributed by atoms with E-state index in [1.54, 1.807) is 0 Å². The second kappa shape index (κ2) is 2.63. The lowest BCUT2D eigenvalue weighted by atomic mass is 9.12. The SMILES string of the molecule is CC1CC2C3C(C)C(C)(C(C)(C)C)C3(C)C12C. The van der Waals surface area contributed by atoms with Gasteiger partial charge in [0, 0.05) is 0 Å². The summed E-state index contributed by atoms with van der Waals surface area (Å²) in [6.45, 7) is 20.2. The van der Waals surface area contributed by atoms with Crippen molar-refractivity contribution in [1.82, 2.24) is 0 Å². The van der Waals surface area contributed by atoms with Gasteiger partial charge in [0.25, 0.3) is 0 Å². The first-order valence-corrected chi connectivity index (χ1v) is 7.54. The van der Waals surface area contributed by atoms with Gasteiger partial charge in [-0.2, -0.15) is 0 Å². The van der Waals surface area contributed by atoms with Crippen LogP contribution in [0.3, 0.4) is 0 Å². The van der Waals surface area contributed by atoms with Gasteiger partial charge in [0.1, 0.15) is 0 Å². The largest absolute Gasteiger partial charge is 0.0619 e. The van der Waals surface area contributed by atoms with Crippen LogP contribution in [0.25, 0.3) is 0 Å². The fraction of sp³-hybridized carbons (Fsp3) is 1.00. The average molecular weight is 234 g/mol. The van der Waals surface area contributed by atoms with E-state index in [0.29, 0.717) is 21.7 Å². The molecule has 3 aliphatic rings. The van der Waals surface area contributed by atoms with Gasteiger partial charge in [0.2, 0.25) is 0 Å². The molecule has 17 heavy (non-hydrogen) atoms. The lowest BCUT2D eigenvalue weighted by Crippen LogP contribution is -2.87. The maximum Gasteiger partial charge on any atom is -0.0171 e. The van der Waals surface area contributed by atoms with Gasteiger partial charge in [-0.05, 0) is 51.8 Å². The molecule has 3 saturated carbocycles. The van der Waals surface area contributed by atoms with Crippen LogP contribution in [-0.4, -0.2) is 0 Å². The third kappa shape index (κ3) is 0.790. The number of fused-ring (bicyclic) bond motifs is 4. The van der Waals surface area contributed by atoms with Gasteiger partial charge in [-0.1, -0.05) is 55.4 Å². The first-order valence-electron chi connectivity index (χ1n) is 7.54. The Morgan fingerprint density at radius 2 is 1.53 bits per heavy atom. The van der Waals surface area contributed by atoms with E-state index in [4.69, 9.17) is 0 Å². The Labute approximate surface area is 108 Å². The zero-order valence-electron chi connectivity index (χ0n) is 13.0. The molecule has 0 aromatic rings. The van der Waals surface area contributed by atoms with Crippen LogP contribution in [0.15, 0.2) is 0 Å². The summed E-state index contributed by atoms with van der Waals surface area (Å²) in [5, 5.41) is 0.